The summed E-state index contributed by atoms with van der Waals surface area (Å²) in [7, 11) is -3.55. The lowest BCUT2D eigenvalue weighted by Crippen LogP contribution is -2.31. The van der Waals surface area contributed by atoms with E-state index >= 15 is 0 Å². The Labute approximate surface area is 206 Å². The lowest BCUT2D eigenvalue weighted by molar-refractivity contribution is -0.00344. The zero-order valence-electron chi connectivity index (χ0n) is 21.6. The van der Waals surface area contributed by atoms with E-state index in [0.717, 1.165) is 56.9 Å². The van der Waals surface area contributed by atoms with Crippen LogP contribution in [0.5, 0.6) is 5.75 Å². The minimum atomic E-state index is -3.55. The van der Waals surface area contributed by atoms with E-state index in [2.05, 4.69) is 45.0 Å². The van der Waals surface area contributed by atoms with Crippen molar-refractivity contribution in [1.82, 2.24) is 0 Å². The molecule has 2 aromatic carbocycles. The lowest BCUT2D eigenvalue weighted by Gasteiger charge is -2.35. The van der Waals surface area contributed by atoms with Crippen LogP contribution >= 0.6 is 0 Å². The van der Waals surface area contributed by atoms with Crippen LogP contribution in [0.3, 0.4) is 0 Å². The summed E-state index contributed by atoms with van der Waals surface area (Å²) in [6, 6.07) is 12.7. The van der Waals surface area contributed by atoms with Crippen LogP contribution in [0.4, 0.5) is 0 Å². The van der Waals surface area contributed by atoms with Crippen molar-refractivity contribution in [3.63, 3.8) is 0 Å². The van der Waals surface area contributed by atoms with Crippen molar-refractivity contribution in [2.45, 2.75) is 103 Å². The van der Waals surface area contributed by atoms with Crippen molar-refractivity contribution in [2.24, 2.45) is 0 Å². The van der Waals surface area contributed by atoms with Crippen LogP contribution in [-0.2, 0) is 22.0 Å². The van der Waals surface area contributed by atoms with E-state index in [1.165, 1.54) is 28.7 Å². The SMILES string of the molecule is CCC(CC)(c1ccc(CCC2(O)CCCCC2)c(C)c1)c1ccc(OS(=O)(=O)CC)c(C)c1. The molecule has 0 saturated heterocycles. The van der Waals surface area contributed by atoms with E-state index in [-0.39, 0.29) is 11.2 Å². The van der Waals surface area contributed by atoms with Crippen molar-refractivity contribution in [2.75, 3.05) is 5.75 Å². The number of aryl methyl sites for hydroxylation is 3. The number of benzene rings is 2. The average molecular weight is 487 g/mol. The molecule has 1 N–H and O–H groups in total. The predicted octanol–water partition coefficient (Wildman–Crippen LogP) is 6.77. The second-order valence-electron chi connectivity index (χ2n) is 10.1. The first-order valence-corrected chi connectivity index (χ1v) is 14.5. The summed E-state index contributed by atoms with van der Waals surface area (Å²) in [6.45, 7) is 10.1. The Balaban J connectivity index is 1.87. The van der Waals surface area contributed by atoms with E-state index < -0.39 is 15.7 Å². The van der Waals surface area contributed by atoms with Gasteiger partial charge in [-0.3, -0.25) is 0 Å². The topological polar surface area (TPSA) is 63.6 Å². The predicted molar refractivity (Wildman–Crippen MR) is 140 cm³/mol. The molecule has 0 atom stereocenters. The second kappa shape index (κ2) is 10.8. The van der Waals surface area contributed by atoms with Gasteiger partial charge in [0, 0.05) is 5.41 Å². The van der Waals surface area contributed by atoms with Crippen molar-refractivity contribution in [1.29, 1.82) is 0 Å². The molecule has 188 valence electrons. The monoisotopic (exact) mass is 486 g/mol. The van der Waals surface area contributed by atoms with Crippen LogP contribution < -0.4 is 4.18 Å². The van der Waals surface area contributed by atoms with E-state index in [9.17, 15) is 13.5 Å². The Bertz CT molecular complexity index is 1080. The van der Waals surface area contributed by atoms with Gasteiger partial charge in [-0.1, -0.05) is 63.4 Å². The zero-order chi connectivity index (χ0) is 25.0. The van der Waals surface area contributed by atoms with Gasteiger partial charge in [0.2, 0.25) is 0 Å². The summed E-state index contributed by atoms with van der Waals surface area (Å²) < 4.78 is 29.2. The van der Waals surface area contributed by atoms with Gasteiger partial charge in [0.25, 0.3) is 0 Å². The van der Waals surface area contributed by atoms with Gasteiger partial charge in [0.15, 0.2) is 0 Å². The van der Waals surface area contributed by atoms with Crippen molar-refractivity contribution in [3.8, 4) is 5.75 Å². The van der Waals surface area contributed by atoms with Crippen LogP contribution in [0.15, 0.2) is 36.4 Å². The zero-order valence-corrected chi connectivity index (χ0v) is 22.4. The second-order valence-corrected chi connectivity index (χ2v) is 12.0. The molecule has 2 aromatic rings. The largest absolute Gasteiger partial charge is 0.390 e. The molecular formula is C29H42O4S. The lowest BCUT2D eigenvalue weighted by atomic mass is 9.69. The summed E-state index contributed by atoms with van der Waals surface area (Å²) in [5.74, 6) is 0.351. The van der Waals surface area contributed by atoms with Crippen LogP contribution in [0.1, 0.15) is 100.0 Å². The van der Waals surface area contributed by atoms with Gasteiger partial charge in [-0.2, -0.15) is 8.42 Å². The first-order valence-electron chi connectivity index (χ1n) is 12.9. The Hall–Kier alpha value is -1.85. The minimum Gasteiger partial charge on any atom is -0.390 e. The molecule has 0 unspecified atom stereocenters. The molecule has 0 spiro atoms. The fourth-order valence-corrected chi connectivity index (χ4v) is 6.15. The van der Waals surface area contributed by atoms with E-state index in [4.69, 9.17) is 4.18 Å². The highest BCUT2D eigenvalue weighted by Crippen LogP contribution is 2.41. The maximum Gasteiger partial charge on any atom is 0.308 e. The van der Waals surface area contributed by atoms with E-state index in [1.54, 1.807) is 13.0 Å². The maximum atomic E-state index is 11.9. The normalized spacial score (nSPS) is 16.4. The standard InChI is InChI=1S/C29H42O4S/c1-6-29(7-2,26-14-15-27(23(5)21-26)33-34(31,32)8-3)25-13-12-24(22(4)20-25)16-19-28(30)17-10-9-11-18-28/h12-15,20-21,30H,6-11,16-19H2,1-5H3. The Kier molecular flexibility index (Phi) is 8.51. The van der Waals surface area contributed by atoms with Gasteiger partial charge in [0.1, 0.15) is 5.75 Å². The van der Waals surface area contributed by atoms with Gasteiger partial charge in [-0.05, 0) is 93.2 Å². The highest BCUT2D eigenvalue weighted by Gasteiger charge is 2.32. The fraction of sp³-hybridized carbons (Fsp3) is 0.586. The van der Waals surface area contributed by atoms with Crippen LogP contribution in [0, 0.1) is 13.8 Å². The van der Waals surface area contributed by atoms with Gasteiger partial charge in [-0.25, -0.2) is 0 Å². The summed E-state index contributed by atoms with van der Waals surface area (Å²) in [5.41, 5.74) is 5.23. The molecule has 1 fully saturated rings. The molecule has 0 aromatic heterocycles. The molecule has 3 rings (SSSR count). The smallest absolute Gasteiger partial charge is 0.308 e. The quantitative estimate of drug-likeness (QED) is 0.377. The molecule has 0 aliphatic heterocycles. The van der Waals surface area contributed by atoms with Crippen molar-refractivity contribution < 1.29 is 17.7 Å². The molecule has 5 heteroatoms. The number of hydrogen-bond donors (Lipinski definition) is 1. The summed E-state index contributed by atoms with van der Waals surface area (Å²) in [4.78, 5) is 0. The molecule has 4 nitrogen and oxygen atoms in total. The highest BCUT2D eigenvalue weighted by molar-refractivity contribution is 7.87. The molecule has 34 heavy (non-hydrogen) atoms. The van der Waals surface area contributed by atoms with Crippen LogP contribution in [0.2, 0.25) is 0 Å². The molecular weight excluding hydrogens is 444 g/mol. The molecule has 0 amide bonds. The van der Waals surface area contributed by atoms with Gasteiger partial charge in [0.05, 0.1) is 11.4 Å². The Morgan fingerprint density at radius 1 is 0.912 bits per heavy atom. The molecule has 0 bridgehead atoms. The van der Waals surface area contributed by atoms with Gasteiger partial charge in [-0.15, -0.1) is 0 Å². The first-order chi connectivity index (χ1) is 16.1. The number of rotatable bonds is 10. The average Bonchev–Trinajstić information content (AvgIpc) is 2.82. The van der Waals surface area contributed by atoms with Crippen molar-refractivity contribution in [3.05, 3.63) is 64.2 Å². The third-order valence-electron chi connectivity index (χ3n) is 8.04. The Morgan fingerprint density at radius 3 is 2.03 bits per heavy atom. The molecule has 1 aliphatic carbocycles. The van der Waals surface area contributed by atoms with Crippen LogP contribution in [0.25, 0.3) is 0 Å². The van der Waals surface area contributed by atoms with Crippen LogP contribution in [-0.4, -0.2) is 24.9 Å². The van der Waals surface area contributed by atoms with Crippen molar-refractivity contribution >= 4 is 10.1 Å². The summed E-state index contributed by atoms with van der Waals surface area (Å²) in [5, 5.41) is 10.9. The number of hydrogen-bond acceptors (Lipinski definition) is 4. The Morgan fingerprint density at radius 2 is 1.50 bits per heavy atom. The number of aliphatic hydroxyl groups is 1. The molecule has 0 heterocycles. The summed E-state index contributed by atoms with van der Waals surface area (Å²) in [6.07, 6.45) is 8.99. The van der Waals surface area contributed by atoms with Gasteiger partial charge >= 0.3 is 10.1 Å². The first kappa shape index (κ1) is 26.7. The summed E-state index contributed by atoms with van der Waals surface area (Å²) >= 11 is 0. The third kappa shape index (κ3) is 5.85. The molecule has 1 aliphatic rings. The van der Waals surface area contributed by atoms with E-state index in [0.29, 0.717) is 5.75 Å². The van der Waals surface area contributed by atoms with E-state index in [1.807, 2.05) is 13.0 Å². The molecule has 0 radical (unpaired) electrons. The maximum absolute atomic E-state index is 11.9. The fourth-order valence-electron chi connectivity index (χ4n) is 5.57. The van der Waals surface area contributed by atoms with Gasteiger partial charge < -0.3 is 9.29 Å². The molecule has 1 saturated carbocycles. The highest BCUT2D eigenvalue weighted by atomic mass is 32.2. The minimum absolute atomic E-state index is 0.0505. The third-order valence-corrected chi connectivity index (χ3v) is 9.18.